The lowest BCUT2D eigenvalue weighted by Crippen LogP contribution is -2.17. The number of anilines is 1. The predicted molar refractivity (Wildman–Crippen MR) is 88.4 cm³/mol. The first kappa shape index (κ1) is 18.8. The Labute approximate surface area is 136 Å². The molecule has 0 aromatic heterocycles. The zero-order chi connectivity index (χ0) is 17.6. The lowest BCUT2D eigenvalue weighted by molar-refractivity contribution is -0.117. The fourth-order valence-corrected chi connectivity index (χ4v) is 2.59. The first-order chi connectivity index (χ1) is 10.8. The minimum absolute atomic E-state index is 0.0215. The number of carboxylic acids is 1. The van der Waals surface area contributed by atoms with Crippen LogP contribution in [-0.4, -0.2) is 31.2 Å². The van der Waals surface area contributed by atoms with Crippen molar-refractivity contribution in [2.45, 2.75) is 33.6 Å². The molecule has 0 heterocycles. The largest absolute Gasteiger partial charge is 0.493 e. The summed E-state index contributed by atoms with van der Waals surface area (Å²) in [6.45, 7) is 6.24. The standard InChI is InChI=1S/C17H25NO5/c1-10(2)6-11(3)7-15(19)18-13-8-12(17(20)21)9-14(22-4)16(13)23-5/h8-11H,6-7H2,1-5H3,(H,18,19)(H,20,21). The highest BCUT2D eigenvalue weighted by molar-refractivity contribution is 5.96. The molecule has 0 aliphatic carbocycles. The van der Waals surface area contributed by atoms with Crippen molar-refractivity contribution in [1.29, 1.82) is 0 Å². The lowest BCUT2D eigenvalue weighted by Gasteiger charge is -2.17. The molecule has 1 aromatic rings. The highest BCUT2D eigenvalue weighted by Crippen LogP contribution is 2.36. The van der Waals surface area contributed by atoms with E-state index in [4.69, 9.17) is 14.6 Å². The van der Waals surface area contributed by atoms with Crippen LogP contribution in [0.5, 0.6) is 11.5 Å². The third-order valence-electron chi connectivity index (χ3n) is 3.41. The number of amides is 1. The molecule has 1 rings (SSSR count). The van der Waals surface area contributed by atoms with Crippen LogP contribution in [0.25, 0.3) is 0 Å². The summed E-state index contributed by atoms with van der Waals surface area (Å²) in [7, 11) is 2.86. The number of hydrogen-bond acceptors (Lipinski definition) is 4. The fourth-order valence-electron chi connectivity index (χ4n) is 2.59. The quantitative estimate of drug-likeness (QED) is 0.766. The number of hydrogen-bond donors (Lipinski definition) is 2. The van der Waals surface area contributed by atoms with Crippen molar-refractivity contribution in [3.63, 3.8) is 0 Å². The predicted octanol–water partition coefficient (Wildman–Crippen LogP) is 3.41. The van der Waals surface area contributed by atoms with E-state index < -0.39 is 5.97 Å². The molecule has 0 saturated heterocycles. The molecule has 128 valence electrons. The van der Waals surface area contributed by atoms with E-state index in [1.165, 1.54) is 26.4 Å². The second kappa shape index (κ2) is 8.41. The lowest BCUT2D eigenvalue weighted by atomic mass is 9.96. The van der Waals surface area contributed by atoms with Crippen LogP contribution in [0, 0.1) is 11.8 Å². The van der Waals surface area contributed by atoms with Crippen molar-refractivity contribution < 1.29 is 24.2 Å². The van der Waals surface area contributed by atoms with Crippen LogP contribution in [0.1, 0.15) is 44.0 Å². The number of rotatable bonds is 8. The summed E-state index contributed by atoms with van der Waals surface area (Å²) >= 11 is 0. The van der Waals surface area contributed by atoms with Crippen LogP contribution < -0.4 is 14.8 Å². The SMILES string of the molecule is COc1cc(C(=O)O)cc(NC(=O)CC(C)CC(C)C)c1OC. The summed E-state index contributed by atoms with van der Waals surface area (Å²) in [6, 6.07) is 2.73. The molecule has 23 heavy (non-hydrogen) atoms. The van der Waals surface area contributed by atoms with Gasteiger partial charge in [-0.15, -0.1) is 0 Å². The first-order valence-corrected chi connectivity index (χ1v) is 7.57. The van der Waals surface area contributed by atoms with Crippen LogP contribution >= 0.6 is 0 Å². The monoisotopic (exact) mass is 323 g/mol. The number of benzene rings is 1. The Balaban J connectivity index is 2.99. The van der Waals surface area contributed by atoms with Gasteiger partial charge in [0.15, 0.2) is 11.5 Å². The van der Waals surface area contributed by atoms with Gasteiger partial charge >= 0.3 is 5.97 Å². The number of nitrogens with one attached hydrogen (secondary N) is 1. The van der Waals surface area contributed by atoms with E-state index in [1.807, 2.05) is 6.92 Å². The van der Waals surface area contributed by atoms with Gasteiger partial charge in [0, 0.05) is 6.42 Å². The topological polar surface area (TPSA) is 84.9 Å². The maximum Gasteiger partial charge on any atom is 0.335 e. The van der Waals surface area contributed by atoms with Crippen LogP contribution in [-0.2, 0) is 4.79 Å². The van der Waals surface area contributed by atoms with Gasteiger partial charge < -0.3 is 19.9 Å². The van der Waals surface area contributed by atoms with Crippen molar-refractivity contribution in [1.82, 2.24) is 0 Å². The molecular weight excluding hydrogens is 298 g/mol. The maximum absolute atomic E-state index is 12.2. The number of methoxy groups -OCH3 is 2. The molecule has 0 aliphatic heterocycles. The Morgan fingerprint density at radius 1 is 1.17 bits per heavy atom. The zero-order valence-corrected chi connectivity index (χ0v) is 14.3. The highest BCUT2D eigenvalue weighted by atomic mass is 16.5. The van der Waals surface area contributed by atoms with Gasteiger partial charge in [0.1, 0.15) is 0 Å². The fraction of sp³-hybridized carbons (Fsp3) is 0.529. The van der Waals surface area contributed by atoms with E-state index in [0.29, 0.717) is 23.8 Å². The summed E-state index contributed by atoms with van der Waals surface area (Å²) in [5.74, 6) is 0.0456. The molecule has 6 heteroatoms. The molecule has 1 unspecified atom stereocenters. The highest BCUT2D eigenvalue weighted by Gasteiger charge is 2.18. The third kappa shape index (κ3) is 5.47. The number of aromatic carboxylic acids is 1. The normalized spacial score (nSPS) is 11.9. The van der Waals surface area contributed by atoms with Gasteiger partial charge in [-0.2, -0.15) is 0 Å². The molecule has 1 atom stereocenters. The van der Waals surface area contributed by atoms with Crippen LogP contribution in [0.15, 0.2) is 12.1 Å². The Morgan fingerprint density at radius 3 is 2.30 bits per heavy atom. The smallest absolute Gasteiger partial charge is 0.335 e. The Hall–Kier alpha value is -2.24. The average Bonchev–Trinajstić information content (AvgIpc) is 2.44. The summed E-state index contributed by atoms with van der Waals surface area (Å²) < 4.78 is 10.4. The third-order valence-corrected chi connectivity index (χ3v) is 3.41. The second-order valence-corrected chi connectivity index (χ2v) is 6.05. The summed E-state index contributed by atoms with van der Waals surface area (Å²) in [6.07, 6.45) is 1.31. The van der Waals surface area contributed by atoms with Gasteiger partial charge in [-0.1, -0.05) is 20.8 Å². The van der Waals surface area contributed by atoms with Crippen molar-refractivity contribution in [3.05, 3.63) is 17.7 Å². The molecule has 0 spiro atoms. The second-order valence-electron chi connectivity index (χ2n) is 6.05. The Kier molecular flexibility index (Phi) is 6.88. The maximum atomic E-state index is 12.2. The molecule has 1 aromatic carbocycles. The molecular formula is C17H25NO5. The molecule has 0 fully saturated rings. The van der Waals surface area contributed by atoms with Gasteiger partial charge in [-0.3, -0.25) is 4.79 Å². The van der Waals surface area contributed by atoms with Crippen molar-refractivity contribution in [2.24, 2.45) is 11.8 Å². The summed E-state index contributed by atoms with van der Waals surface area (Å²) in [5.41, 5.74) is 0.319. The van der Waals surface area contributed by atoms with Gasteiger partial charge in [-0.05, 0) is 30.4 Å². The number of carbonyl (C=O) groups excluding carboxylic acids is 1. The molecule has 0 radical (unpaired) electrons. The number of carboxylic acid groups (broad SMARTS) is 1. The van der Waals surface area contributed by atoms with Crippen molar-refractivity contribution in [2.75, 3.05) is 19.5 Å². The van der Waals surface area contributed by atoms with E-state index in [-0.39, 0.29) is 23.1 Å². The molecule has 6 nitrogen and oxygen atoms in total. The van der Waals surface area contributed by atoms with Crippen LogP contribution in [0.2, 0.25) is 0 Å². The summed E-state index contributed by atoms with van der Waals surface area (Å²) in [4.78, 5) is 23.4. The van der Waals surface area contributed by atoms with Gasteiger partial charge in [0.2, 0.25) is 5.91 Å². The molecule has 1 amide bonds. The van der Waals surface area contributed by atoms with Crippen molar-refractivity contribution in [3.8, 4) is 11.5 Å². The average molecular weight is 323 g/mol. The van der Waals surface area contributed by atoms with E-state index >= 15 is 0 Å². The van der Waals surface area contributed by atoms with Gasteiger partial charge in [0.25, 0.3) is 0 Å². The van der Waals surface area contributed by atoms with Gasteiger partial charge in [0.05, 0.1) is 25.5 Å². The Bertz CT molecular complexity index is 568. The zero-order valence-electron chi connectivity index (χ0n) is 14.3. The Morgan fingerprint density at radius 2 is 1.83 bits per heavy atom. The molecule has 0 saturated carbocycles. The van der Waals surface area contributed by atoms with E-state index in [2.05, 4.69) is 19.2 Å². The molecule has 0 aliphatic rings. The number of carbonyl (C=O) groups is 2. The van der Waals surface area contributed by atoms with Gasteiger partial charge in [-0.25, -0.2) is 4.79 Å². The minimum Gasteiger partial charge on any atom is -0.493 e. The first-order valence-electron chi connectivity index (χ1n) is 7.57. The molecule has 2 N–H and O–H groups in total. The van der Waals surface area contributed by atoms with E-state index in [1.54, 1.807) is 0 Å². The van der Waals surface area contributed by atoms with E-state index in [0.717, 1.165) is 6.42 Å². The van der Waals surface area contributed by atoms with Crippen LogP contribution in [0.3, 0.4) is 0 Å². The molecule has 0 bridgehead atoms. The van der Waals surface area contributed by atoms with E-state index in [9.17, 15) is 9.59 Å². The summed E-state index contributed by atoms with van der Waals surface area (Å²) in [5, 5.41) is 11.9. The van der Waals surface area contributed by atoms with Crippen LogP contribution in [0.4, 0.5) is 5.69 Å². The minimum atomic E-state index is -1.10. The van der Waals surface area contributed by atoms with Crippen molar-refractivity contribution >= 4 is 17.6 Å². The number of ether oxygens (including phenoxy) is 2.